The molecule has 1 amide bonds. The Morgan fingerprint density at radius 1 is 1.40 bits per heavy atom. The molecule has 0 bridgehead atoms. The van der Waals surface area contributed by atoms with Crippen molar-refractivity contribution < 1.29 is 22.9 Å². The van der Waals surface area contributed by atoms with Crippen molar-refractivity contribution in [1.82, 2.24) is 0 Å². The molecule has 0 aromatic heterocycles. The zero-order chi connectivity index (χ0) is 15.7. The van der Waals surface area contributed by atoms with Crippen LogP contribution < -0.4 is 5.32 Å². The second-order valence-electron chi connectivity index (χ2n) is 4.22. The summed E-state index contributed by atoms with van der Waals surface area (Å²) in [5.74, 6) is -0.931. The predicted octanol–water partition coefficient (Wildman–Crippen LogP) is 3.97. The SMILES string of the molecule is CC(C)C(=O)Nc1ccc([N+](=O)[O-])c(C(F)(F)F)c1Br. The van der Waals surface area contributed by atoms with Crippen molar-refractivity contribution in [3.63, 3.8) is 0 Å². The Balaban J connectivity index is 3.39. The zero-order valence-corrected chi connectivity index (χ0v) is 12.0. The maximum Gasteiger partial charge on any atom is 0.424 e. The Hall–Kier alpha value is -1.64. The van der Waals surface area contributed by atoms with Gasteiger partial charge in [0.15, 0.2) is 0 Å². The fourth-order valence-corrected chi connectivity index (χ4v) is 2.02. The lowest BCUT2D eigenvalue weighted by atomic mass is 10.1. The summed E-state index contributed by atoms with van der Waals surface area (Å²) in [7, 11) is 0. The molecule has 0 heterocycles. The van der Waals surface area contributed by atoms with E-state index in [9.17, 15) is 28.1 Å². The van der Waals surface area contributed by atoms with Crippen molar-refractivity contribution in [2.24, 2.45) is 5.92 Å². The first-order valence-electron chi connectivity index (χ1n) is 5.40. The lowest BCUT2D eigenvalue weighted by Crippen LogP contribution is -2.19. The second kappa shape index (κ2) is 5.78. The number of hydrogen-bond acceptors (Lipinski definition) is 3. The van der Waals surface area contributed by atoms with E-state index in [4.69, 9.17) is 0 Å². The largest absolute Gasteiger partial charge is 0.424 e. The molecule has 0 saturated heterocycles. The van der Waals surface area contributed by atoms with Gasteiger partial charge in [-0.1, -0.05) is 13.8 Å². The van der Waals surface area contributed by atoms with Crippen LogP contribution in [0.5, 0.6) is 0 Å². The van der Waals surface area contributed by atoms with Crippen molar-refractivity contribution in [1.29, 1.82) is 0 Å². The summed E-state index contributed by atoms with van der Waals surface area (Å²) in [6.45, 7) is 3.14. The number of amides is 1. The van der Waals surface area contributed by atoms with Crippen LogP contribution >= 0.6 is 15.9 Å². The van der Waals surface area contributed by atoms with Gasteiger partial charge in [-0.25, -0.2) is 0 Å². The van der Waals surface area contributed by atoms with E-state index in [-0.39, 0.29) is 5.69 Å². The van der Waals surface area contributed by atoms with Gasteiger partial charge in [0, 0.05) is 12.0 Å². The van der Waals surface area contributed by atoms with Crippen LogP contribution in [-0.4, -0.2) is 10.8 Å². The van der Waals surface area contributed by atoms with Crippen molar-refractivity contribution in [2.75, 3.05) is 5.32 Å². The van der Waals surface area contributed by atoms with E-state index in [1.165, 1.54) is 0 Å². The Labute approximate surface area is 120 Å². The molecule has 1 aromatic rings. The molecule has 0 unspecified atom stereocenters. The summed E-state index contributed by atoms with van der Waals surface area (Å²) < 4.78 is 38.1. The second-order valence-corrected chi connectivity index (χ2v) is 5.01. The number of nitro groups is 1. The van der Waals surface area contributed by atoms with Gasteiger partial charge >= 0.3 is 6.18 Å². The van der Waals surface area contributed by atoms with Crippen molar-refractivity contribution >= 4 is 33.2 Å². The van der Waals surface area contributed by atoms with Crippen LogP contribution in [-0.2, 0) is 11.0 Å². The highest BCUT2D eigenvalue weighted by Gasteiger charge is 2.41. The third kappa shape index (κ3) is 3.47. The van der Waals surface area contributed by atoms with Crippen LogP contribution in [0.25, 0.3) is 0 Å². The maximum atomic E-state index is 12.9. The number of nitrogens with one attached hydrogen (secondary N) is 1. The number of carbonyl (C=O) groups is 1. The first kappa shape index (κ1) is 16.4. The topological polar surface area (TPSA) is 72.2 Å². The Morgan fingerprint density at radius 2 is 1.95 bits per heavy atom. The highest BCUT2D eigenvalue weighted by atomic mass is 79.9. The van der Waals surface area contributed by atoms with E-state index in [1.54, 1.807) is 13.8 Å². The van der Waals surface area contributed by atoms with E-state index >= 15 is 0 Å². The first-order valence-corrected chi connectivity index (χ1v) is 6.20. The van der Waals surface area contributed by atoms with E-state index in [1.807, 2.05) is 0 Å². The number of halogens is 4. The van der Waals surface area contributed by atoms with E-state index in [2.05, 4.69) is 21.2 Å². The van der Waals surface area contributed by atoms with Gasteiger partial charge in [-0.15, -0.1) is 0 Å². The number of benzene rings is 1. The van der Waals surface area contributed by atoms with Gasteiger partial charge in [0.1, 0.15) is 5.56 Å². The Kier molecular flexibility index (Phi) is 4.74. The molecule has 0 spiro atoms. The summed E-state index contributed by atoms with van der Waals surface area (Å²) in [6.07, 6.45) is -4.92. The first-order chi connectivity index (χ1) is 9.05. The smallest absolute Gasteiger partial charge is 0.325 e. The van der Waals surface area contributed by atoms with Crippen molar-refractivity contribution in [3.8, 4) is 0 Å². The average molecular weight is 355 g/mol. The Bertz CT molecular complexity index is 559. The number of rotatable bonds is 3. The van der Waals surface area contributed by atoms with Gasteiger partial charge in [-0.3, -0.25) is 14.9 Å². The number of hydrogen-bond donors (Lipinski definition) is 1. The normalized spacial score (nSPS) is 11.6. The molecule has 1 rings (SSSR count). The van der Waals surface area contributed by atoms with Crippen LogP contribution in [0.3, 0.4) is 0 Å². The maximum absolute atomic E-state index is 12.9. The number of anilines is 1. The molecular formula is C11H10BrF3N2O3. The summed E-state index contributed by atoms with van der Waals surface area (Å²) in [5, 5.41) is 12.9. The van der Waals surface area contributed by atoms with Crippen molar-refractivity contribution in [3.05, 3.63) is 32.3 Å². The van der Waals surface area contributed by atoms with Gasteiger partial charge in [-0.2, -0.15) is 13.2 Å². The fraction of sp³-hybridized carbons (Fsp3) is 0.364. The summed E-state index contributed by atoms with van der Waals surface area (Å²) in [5.41, 5.74) is -2.67. The quantitative estimate of drug-likeness (QED) is 0.659. The molecule has 0 aliphatic heterocycles. The third-order valence-electron chi connectivity index (χ3n) is 2.38. The minimum Gasteiger partial charge on any atom is -0.325 e. The average Bonchev–Trinajstić information content (AvgIpc) is 2.29. The minimum atomic E-state index is -4.92. The highest BCUT2D eigenvalue weighted by molar-refractivity contribution is 9.10. The van der Waals surface area contributed by atoms with Crippen LogP contribution in [0.15, 0.2) is 16.6 Å². The van der Waals surface area contributed by atoms with Gasteiger partial charge in [-0.05, 0) is 22.0 Å². The molecule has 0 atom stereocenters. The molecule has 0 radical (unpaired) electrons. The van der Waals surface area contributed by atoms with Crippen LogP contribution in [0.2, 0.25) is 0 Å². The number of nitrogens with zero attached hydrogens (tertiary/aromatic N) is 1. The lowest BCUT2D eigenvalue weighted by Gasteiger charge is -2.14. The number of nitro benzene ring substituents is 1. The van der Waals surface area contributed by atoms with Crippen LogP contribution in [0.1, 0.15) is 19.4 Å². The molecular weight excluding hydrogens is 345 g/mol. The molecule has 5 nitrogen and oxygen atoms in total. The van der Waals surface area contributed by atoms with Gasteiger partial charge in [0.05, 0.1) is 15.1 Å². The van der Waals surface area contributed by atoms with Gasteiger partial charge in [0.25, 0.3) is 5.69 Å². The highest BCUT2D eigenvalue weighted by Crippen LogP contribution is 2.44. The fourth-order valence-electron chi connectivity index (χ4n) is 1.36. The molecule has 1 aromatic carbocycles. The minimum absolute atomic E-state index is 0.165. The summed E-state index contributed by atoms with van der Waals surface area (Å²) in [6, 6.07) is 1.77. The zero-order valence-electron chi connectivity index (χ0n) is 10.4. The lowest BCUT2D eigenvalue weighted by molar-refractivity contribution is -0.388. The standard InChI is InChI=1S/C11H10BrF3N2O3/c1-5(2)10(18)16-6-3-4-7(17(19)20)8(9(6)12)11(13,14)15/h3-5H,1-2H3,(H,16,18). The van der Waals surface area contributed by atoms with Crippen molar-refractivity contribution in [2.45, 2.75) is 20.0 Å². The summed E-state index contributed by atoms with van der Waals surface area (Å²) >= 11 is 2.67. The van der Waals surface area contributed by atoms with Crippen LogP contribution in [0, 0.1) is 16.0 Å². The monoisotopic (exact) mass is 354 g/mol. The van der Waals surface area contributed by atoms with E-state index in [0.717, 1.165) is 6.07 Å². The molecule has 9 heteroatoms. The van der Waals surface area contributed by atoms with E-state index in [0.29, 0.717) is 6.07 Å². The van der Waals surface area contributed by atoms with Gasteiger partial charge < -0.3 is 5.32 Å². The molecule has 0 saturated carbocycles. The Morgan fingerprint density at radius 3 is 2.35 bits per heavy atom. The van der Waals surface area contributed by atoms with E-state index < -0.39 is 38.6 Å². The molecule has 1 N–H and O–H groups in total. The number of carbonyl (C=O) groups excluding carboxylic acids is 1. The molecule has 20 heavy (non-hydrogen) atoms. The molecule has 0 aliphatic carbocycles. The molecule has 110 valence electrons. The summed E-state index contributed by atoms with van der Waals surface area (Å²) in [4.78, 5) is 21.0. The van der Waals surface area contributed by atoms with Gasteiger partial charge in [0.2, 0.25) is 5.91 Å². The molecule has 0 aliphatic rings. The number of alkyl halides is 3. The third-order valence-corrected chi connectivity index (χ3v) is 3.21. The molecule has 0 fully saturated rings. The predicted molar refractivity (Wildman–Crippen MR) is 69.3 cm³/mol. The van der Waals surface area contributed by atoms with Crippen LogP contribution in [0.4, 0.5) is 24.5 Å².